The summed E-state index contributed by atoms with van der Waals surface area (Å²) in [7, 11) is 0. The summed E-state index contributed by atoms with van der Waals surface area (Å²) in [5.41, 5.74) is 1.80. The Labute approximate surface area is 165 Å². The van der Waals surface area contributed by atoms with E-state index in [0.29, 0.717) is 22.8 Å². The average Bonchev–Trinajstić information content (AvgIpc) is 3.11. The molecule has 0 atom stereocenters. The fraction of sp³-hybridized carbons (Fsp3) is 0.100. The van der Waals surface area contributed by atoms with E-state index in [-0.39, 0.29) is 16.7 Å². The monoisotopic (exact) mass is 392 g/mol. The van der Waals surface area contributed by atoms with Gasteiger partial charge in [-0.25, -0.2) is 0 Å². The molecule has 0 aliphatic heterocycles. The van der Waals surface area contributed by atoms with Crippen LogP contribution in [0.15, 0.2) is 63.1 Å². The first-order chi connectivity index (χ1) is 13.6. The molecule has 0 radical (unpaired) electrons. The molecule has 0 fully saturated rings. The first-order valence-corrected chi connectivity index (χ1v) is 8.99. The van der Waals surface area contributed by atoms with Gasteiger partial charge in [-0.15, -0.1) is 10.2 Å². The highest BCUT2D eigenvalue weighted by Crippen LogP contribution is 2.30. The lowest BCUT2D eigenvalue weighted by molar-refractivity contribution is -0.298. The minimum atomic E-state index is -1.37. The average molecular weight is 392 g/mol. The Hall–Kier alpha value is -3.57. The summed E-state index contributed by atoms with van der Waals surface area (Å²) in [6.07, 6.45) is 1.42. The maximum atomic E-state index is 11.5. The van der Waals surface area contributed by atoms with E-state index in [0.717, 1.165) is 17.3 Å². The molecule has 7 nitrogen and oxygen atoms in total. The number of nitriles is 1. The normalized spacial score (nSPS) is 11.1. The predicted molar refractivity (Wildman–Crippen MR) is 99.8 cm³/mol. The van der Waals surface area contributed by atoms with Crippen LogP contribution in [0.4, 0.5) is 0 Å². The molecule has 1 aromatic heterocycles. The van der Waals surface area contributed by atoms with Crippen molar-refractivity contribution in [3.05, 3.63) is 76.0 Å². The molecular weight excluding hydrogens is 378 g/mol. The first kappa shape index (κ1) is 19.2. The molecule has 0 bridgehead atoms. The molecule has 2 aromatic carbocycles. The van der Waals surface area contributed by atoms with Crippen LogP contribution in [-0.4, -0.2) is 16.2 Å². The van der Waals surface area contributed by atoms with Gasteiger partial charge in [0.25, 0.3) is 5.22 Å². The number of hydrogen-bond acceptors (Lipinski definition) is 8. The number of hydrogen-bond donors (Lipinski definition) is 0. The summed E-state index contributed by atoms with van der Waals surface area (Å²) in [5.74, 6) is -0.568. The minimum absolute atomic E-state index is 0.0999. The number of para-hydroxylation sites is 1. The summed E-state index contributed by atoms with van der Waals surface area (Å²) in [6, 6.07) is 16.2. The highest BCUT2D eigenvalue weighted by Gasteiger charge is 2.11. The van der Waals surface area contributed by atoms with Gasteiger partial charge < -0.3 is 19.1 Å². The zero-order valence-corrected chi connectivity index (χ0v) is 15.6. The van der Waals surface area contributed by atoms with Gasteiger partial charge in [0.05, 0.1) is 17.6 Å². The molecule has 1 heterocycles. The number of carboxylic acid groups (broad SMARTS) is 1. The summed E-state index contributed by atoms with van der Waals surface area (Å²) < 4.78 is 11.0. The highest BCUT2D eigenvalue weighted by atomic mass is 32.2. The number of rotatable bonds is 7. The molecule has 0 aliphatic carbocycles. The Kier molecular flexibility index (Phi) is 6.09. The molecule has 0 unspecified atom stereocenters. The summed E-state index contributed by atoms with van der Waals surface area (Å²) >= 11 is 0.802. The van der Waals surface area contributed by atoms with Gasteiger partial charge in [0.15, 0.2) is 0 Å². The number of carbonyl (C=O) groups excluding carboxylic acids is 1. The number of ether oxygens (including phenoxy) is 1. The molecule has 3 aromatic rings. The smallest absolute Gasteiger partial charge is 0.281 e. The topological polar surface area (TPSA) is 112 Å². The standard InChI is InChI=1S/C20H15N3O4S/c1-13-22-23-20(27-13)28-18(19(24)25)10-14-6-4-5-9-17(14)26-12-16-8-3-2-7-15(16)11-21/h2-10H,12H2,1H3,(H,24,25)/p-1/b18-10-. The van der Waals surface area contributed by atoms with Crippen LogP contribution in [-0.2, 0) is 11.4 Å². The van der Waals surface area contributed by atoms with E-state index in [9.17, 15) is 15.2 Å². The summed E-state index contributed by atoms with van der Waals surface area (Å²) in [4.78, 5) is 11.4. The molecule has 8 heteroatoms. The van der Waals surface area contributed by atoms with Crippen molar-refractivity contribution in [1.29, 1.82) is 5.26 Å². The maximum absolute atomic E-state index is 11.5. The third kappa shape index (κ3) is 4.78. The second-order valence-corrected chi connectivity index (χ2v) is 6.57. The lowest BCUT2D eigenvalue weighted by Crippen LogP contribution is -2.23. The SMILES string of the molecule is Cc1nnc(S/C(=C\c2ccccc2OCc2ccccc2C#N)C(=O)[O-])o1. The number of aryl methyl sites for hydroxylation is 1. The quantitative estimate of drug-likeness (QED) is 0.446. The van der Waals surface area contributed by atoms with Crippen molar-refractivity contribution in [3.8, 4) is 11.8 Å². The van der Waals surface area contributed by atoms with Gasteiger partial charge in [0, 0.05) is 23.0 Å². The van der Waals surface area contributed by atoms with Gasteiger partial charge in [-0.2, -0.15) is 5.26 Å². The van der Waals surface area contributed by atoms with Gasteiger partial charge in [-0.05, 0) is 30.0 Å². The van der Waals surface area contributed by atoms with Crippen molar-refractivity contribution in [1.82, 2.24) is 10.2 Å². The van der Waals surface area contributed by atoms with Crippen LogP contribution in [0.1, 0.15) is 22.6 Å². The van der Waals surface area contributed by atoms with Gasteiger partial charge in [-0.1, -0.05) is 36.4 Å². The fourth-order valence-corrected chi connectivity index (χ4v) is 3.03. The molecule has 28 heavy (non-hydrogen) atoms. The van der Waals surface area contributed by atoms with E-state index in [2.05, 4.69) is 16.3 Å². The van der Waals surface area contributed by atoms with E-state index < -0.39 is 5.97 Å². The van der Waals surface area contributed by atoms with E-state index in [1.165, 1.54) is 6.08 Å². The summed E-state index contributed by atoms with van der Waals surface area (Å²) in [5, 5.41) is 28.3. The van der Waals surface area contributed by atoms with Crippen molar-refractivity contribution in [2.75, 3.05) is 0 Å². The van der Waals surface area contributed by atoms with Crippen LogP contribution in [0, 0.1) is 18.3 Å². The van der Waals surface area contributed by atoms with Crippen molar-refractivity contribution in [2.24, 2.45) is 0 Å². The molecule has 0 spiro atoms. The second kappa shape index (κ2) is 8.88. The first-order valence-electron chi connectivity index (χ1n) is 8.17. The van der Waals surface area contributed by atoms with Crippen LogP contribution < -0.4 is 9.84 Å². The molecule has 0 saturated carbocycles. The Bertz CT molecular complexity index is 1070. The van der Waals surface area contributed by atoms with Gasteiger partial charge >= 0.3 is 0 Å². The maximum Gasteiger partial charge on any atom is 0.281 e. The van der Waals surface area contributed by atoms with Crippen LogP contribution >= 0.6 is 11.8 Å². The number of thioether (sulfide) groups is 1. The minimum Gasteiger partial charge on any atom is -0.544 e. The molecule has 140 valence electrons. The Balaban J connectivity index is 1.84. The van der Waals surface area contributed by atoms with Crippen molar-refractivity contribution < 1.29 is 19.1 Å². The van der Waals surface area contributed by atoms with E-state index >= 15 is 0 Å². The lowest BCUT2D eigenvalue weighted by Gasteiger charge is -2.12. The van der Waals surface area contributed by atoms with Crippen LogP contribution in [0.25, 0.3) is 6.08 Å². The molecular formula is C20H14N3O4S-. The van der Waals surface area contributed by atoms with E-state index in [4.69, 9.17) is 9.15 Å². The van der Waals surface area contributed by atoms with Crippen LogP contribution in [0.5, 0.6) is 5.75 Å². The Morgan fingerprint density at radius 1 is 1.25 bits per heavy atom. The third-order valence-corrected chi connectivity index (χ3v) is 4.48. The lowest BCUT2D eigenvalue weighted by atomic mass is 10.1. The number of nitrogens with zero attached hydrogens (tertiary/aromatic N) is 3. The Morgan fingerprint density at radius 3 is 2.71 bits per heavy atom. The zero-order chi connectivity index (χ0) is 19.9. The van der Waals surface area contributed by atoms with Gasteiger partial charge in [0.2, 0.25) is 5.89 Å². The summed E-state index contributed by atoms with van der Waals surface area (Å²) in [6.45, 7) is 1.78. The number of aromatic nitrogens is 2. The largest absolute Gasteiger partial charge is 0.544 e. The van der Waals surface area contributed by atoms with E-state index in [1.54, 1.807) is 49.4 Å². The molecule has 0 amide bonds. The molecule has 0 aliphatic rings. The van der Waals surface area contributed by atoms with Gasteiger partial charge in [0.1, 0.15) is 12.4 Å². The number of carboxylic acids is 1. The van der Waals surface area contributed by atoms with Gasteiger partial charge in [-0.3, -0.25) is 0 Å². The van der Waals surface area contributed by atoms with Crippen molar-refractivity contribution >= 4 is 23.8 Å². The fourth-order valence-electron chi connectivity index (χ4n) is 2.33. The number of aliphatic carboxylic acids is 1. The van der Waals surface area contributed by atoms with Crippen LogP contribution in [0.3, 0.4) is 0 Å². The number of carbonyl (C=O) groups is 1. The van der Waals surface area contributed by atoms with Crippen molar-refractivity contribution in [2.45, 2.75) is 18.8 Å². The molecule has 0 N–H and O–H groups in total. The number of benzene rings is 2. The highest BCUT2D eigenvalue weighted by molar-refractivity contribution is 8.03. The molecule has 3 rings (SSSR count). The van der Waals surface area contributed by atoms with Crippen LogP contribution in [0.2, 0.25) is 0 Å². The zero-order valence-electron chi connectivity index (χ0n) is 14.8. The van der Waals surface area contributed by atoms with E-state index in [1.807, 2.05) is 6.07 Å². The third-order valence-electron chi connectivity index (χ3n) is 3.63. The second-order valence-electron chi connectivity index (χ2n) is 5.58. The molecule has 0 saturated heterocycles. The Morgan fingerprint density at radius 2 is 2.00 bits per heavy atom. The predicted octanol–water partition coefficient (Wildman–Crippen LogP) is 2.71. The van der Waals surface area contributed by atoms with Crippen molar-refractivity contribution in [3.63, 3.8) is 0 Å².